The third kappa shape index (κ3) is 5.12. The number of fused-ring (bicyclic) bond motifs is 1. The van der Waals surface area contributed by atoms with E-state index in [1.807, 2.05) is 55.5 Å². The quantitative estimate of drug-likeness (QED) is 0.795. The van der Waals surface area contributed by atoms with Crippen LogP contribution < -0.4 is 14.8 Å². The van der Waals surface area contributed by atoms with E-state index in [1.165, 1.54) is 18.9 Å². The monoisotopic (exact) mass is 421 g/mol. The molecule has 0 bridgehead atoms. The Kier molecular flexibility index (Phi) is 6.74. The number of nitrogens with one attached hydrogen (secondary N) is 1. The molecule has 0 saturated heterocycles. The summed E-state index contributed by atoms with van der Waals surface area (Å²) in [5, 5.41) is 8.92. The number of hydrazone groups is 1. The number of hydrogen-bond donors (Lipinski definition) is 1. The Labute approximate surface area is 182 Å². The zero-order valence-electron chi connectivity index (χ0n) is 18.4. The predicted molar refractivity (Wildman–Crippen MR) is 122 cm³/mol. The number of amides is 2. The van der Waals surface area contributed by atoms with Gasteiger partial charge in [-0.1, -0.05) is 18.2 Å². The molecule has 3 rings (SSSR count). The molecule has 162 valence electrons. The summed E-state index contributed by atoms with van der Waals surface area (Å²) in [6.07, 6.45) is 4.44. The van der Waals surface area contributed by atoms with Crippen molar-refractivity contribution in [2.45, 2.75) is 33.2 Å². The van der Waals surface area contributed by atoms with Crippen molar-refractivity contribution in [1.82, 2.24) is 5.01 Å². The van der Waals surface area contributed by atoms with Gasteiger partial charge in [-0.2, -0.15) is 5.10 Å². The van der Waals surface area contributed by atoms with Crippen LogP contribution in [0.15, 0.2) is 47.6 Å². The van der Waals surface area contributed by atoms with E-state index in [2.05, 4.69) is 10.4 Å². The lowest BCUT2D eigenvalue weighted by Gasteiger charge is -2.21. The van der Waals surface area contributed by atoms with Gasteiger partial charge in [0.1, 0.15) is 0 Å². The second kappa shape index (κ2) is 9.47. The molecule has 0 saturated carbocycles. The Bertz CT molecular complexity index is 1040. The molecular formula is C24H27N3O4. The topological polar surface area (TPSA) is 80.2 Å². The lowest BCUT2D eigenvalue weighted by Crippen LogP contribution is -2.33. The third-order valence-electron chi connectivity index (χ3n) is 5.02. The largest absolute Gasteiger partial charge is 0.493 e. The number of ether oxygens (including phenoxy) is 2. The van der Waals surface area contributed by atoms with Crippen molar-refractivity contribution in [3.8, 4) is 11.5 Å². The molecule has 2 aromatic rings. The molecule has 7 nitrogen and oxygen atoms in total. The van der Waals surface area contributed by atoms with Gasteiger partial charge in [-0.3, -0.25) is 9.59 Å². The highest BCUT2D eigenvalue weighted by molar-refractivity contribution is 6.12. The van der Waals surface area contributed by atoms with Gasteiger partial charge in [-0.05, 0) is 54.8 Å². The summed E-state index contributed by atoms with van der Waals surface area (Å²) in [4.78, 5) is 23.4. The van der Waals surface area contributed by atoms with Gasteiger partial charge in [-0.15, -0.1) is 0 Å². The van der Waals surface area contributed by atoms with E-state index in [0.29, 0.717) is 23.6 Å². The number of rotatable bonds is 5. The summed E-state index contributed by atoms with van der Waals surface area (Å²) in [6.45, 7) is 4.96. The van der Waals surface area contributed by atoms with E-state index in [4.69, 9.17) is 9.47 Å². The zero-order chi connectivity index (χ0) is 22.5. The van der Waals surface area contributed by atoms with Gasteiger partial charge in [0.25, 0.3) is 0 Å². The highest BCUT2D eigenvalue weighted by atomic mass is 16.5. The minimum Gasteiger partial charge on any atom is -0.493 e. The van der Waals surface area contributed by atoms with Crippen LogP contribution in [0.4, 0.5) is 5.69 Å². The highest BCUT2D eigenvalue weighted by Crippen LogP contribution is 2.33. The van der Waals surface area contributed by atoms with Crippen molar-refractivity contribution in [1.29, 1.82) is 0 Å². The molecule has 31 heavy (non-hydrogen) atoms. The molecule has 0 aromatic heterocycles. The molecule has 1 N–H and O–H groups in total. The molecule has 1 unspecified atom stereocenters. The Hall–Kier alpha value is -3.61. The average molecular weight is 421 g/mol. The average Bonchev–Trinajstić information content (AvgIpc) is 2.87. The zero-order valence-corrected chi connectivity index (χ0v) is 18.4. The molecule has 0 radical (unpaired) electrons. The number of hydrogen-bond acceptors (Lipinski definition) is 5. The SMILES string of the molecule is COc1cc2c(cc1OC)C(C=Cc1ccc(NC(C)=O)cc1)=NN(C(C)=O)C(C)C2. The number of methoxy groups -OCH3 is 2. The Morgan fingerprint density at radius 2 is 1.71 bits per heavy atom. The lowest BCUT2D eigenvalue weighted by atomic mass is 9.96. The van der Waals surface area contributed by atoms with E-state index < -0.39 is 0 Å². The first-order chi connectivity index (χ1) is 14.8. The van der Waals surface area contributed by atoms with Gasteiger partial charge in [0.2, 0.25) is 11.8 Å². The normalized spacial score (nSPS) is 15.7. The fourth-order valence-electron chi connectivity index (χ4n) is 3.56. The summed E-state index contributed by atoms with van der Waals surface area (Å²) in [6, 6.07) is 11.2. The molecular weight excluding hydrogens is 394 g/mol. The highest BCUT2D eigenvalue weighted by Gasteiger charge is 2.25. The molecule has 1 heterocycles. The number of benzene rings is 2. The fourth-order valence-corrected chi connectivity index (χ4v) is 3.56. The number of nitrogens with zero attached hydrogens (tertiary/aromatic N) is 2. The van der Waals surface area contributed by atoms with Gasteiger partial charge in [0.05, 0.1) is 26.0 Å². The van der Waals surface area contributed by atoms with E-state index in [-0.39, 0.29) is 17.9 Å². The van der Waals surface area contributed by atoms with Crippen molar-refractivity contribution < 1.29 is 19.1 Å². The molecule has 2 aromatic carbocycles. The van der Waals surface area contributed by atoms with E-state index in [9.17, 15) is 9.59 Å². The first-order valence-electron chi connectivity index (χ1n) is 10.0. The van der Waals surface area contributed by atoms with E-state index >= 15 is 0 Å². The van der Waals surface area contributed by atoms with Crippen molar-refractivity contribution in [3.63, 3.8) is 0 Å². The van der Waals surface area contributed by atoms with Crippen LogP contribution in [0.3, 0.4) is 0 Å². The molecule has 1 atom stereocenters. The summed E-state index contributed by atoms with van der Waals surface area (Å²) in [5.74, 6) is 1.01. The molecule has 1 aliphatic rings. The second-order valence-corrected chi connectivity index (χ2v) is 7.40. The van der Waals surface area contributed by atoms with Gasteiger partial charge < -0.3 is 14.8 Å². The van der Waals surface area contributed by atoms with Gasteiger partial charge in [0.15, 0.2) is 11.5 Å². The molecule has 2 amide bonds. The maximum atomic E-state index is 12.2. The Balaban J connectivity index is 2.03. The minimum atomic E-state index is -0.121. The summed E-state index contributed by atoms with van der Waals surface area (Å²) < 4.78 is 10.9. The third-order valence-corrected chi connectivity index (χ3v) is 5.02. The number of carbonyl (C=O) groups excluding carboxylic acids is 2. The van der Waals surface area contributed by atoms with Crippen LogP contribution in [0.25, 0.3) is 6.08 Å². The molecule has 0 aliphatic carbocycles. The van der Waals surface area contributed by atoms with Gasteiger partial charge >= 0.3 is 0 Å². The number of carbonyl (C=O) groups is 2. The van der Waals surface area contributed by atoms with Crippen LogP contribution in [0.5, 0.6) is 11.5 Å². The number of anilines is 1. The van der Waals surface area contributed by atoms with Crippen molar-refractivity contribution in [3.05, 3.63) is 59.2 Å². The Morgan fingerprint density at radius 3 is 2.29 bits per heavy atom. The fraction of sp³-hybridized carbons (Fsp3) is 0.292. The first-order valence-corrected chi connectivity index (χ1v) is 10.0. The van der Waals surface area contributed by atoms with Crippen molar-refractivity contribution in [2.24, 2.45) is 5.10 Å². The predicted octanol–water partition coefficient (Wildman–Crippen LogP) is 3.87. The smallest absolute Gasteiger partial charge is 0.239 e. The van der Waals surface area contributed by atoms with Gasteiger partial charge in [0, 0.05) is 25.1 Å². The van der Waals surface area contributed by atoms with E-state index in [1.54, 1.807) is 14.2 Å². The first kappa shape index (κ1) is 22.1. The summed E-state index contributed by atoms with van der Waals surface area (Å²) in [5.41, 5.74) is 4.24. The van der Waals surface area contributed by atoms with Crippen LogP contribution in [0.1, 0.15) is 37.5 Å². The van der Waals surface area contributed by atoms with Crippen molar-refractivity contribution >= 4 is 29.3 Å². The molecule has 7 heteroatoms. The van der Waals surface area contributed by atoms with Crippen molar-refractivity contribution in [2.75, 3.05) is 19.5 Å². The molecule has 0 fully saturated rings. The Morgan fingerprint density at radius 1 is 1.06 bits per heavy atom. The van der Waals surface area contributed by atoms with E-state index in [0.717, 1.165) is 22.4 Å². The van der Waals surface area contributed by atoms with Crippen LogP contribution in [-0.4, -0.2) is 42.8 Å². The standard InChI is InChI=1S/C24H27N3O4/c1-15-12-19-13-23(30-4)24(31-5)14-21(19)22(26-27(15)17(3)29)11-8-18-6-9-20(10-7-18)25-16(2)28/h6-11,13-15H,12H2,1-5H3,(H,25,28). The van der Waals surface area contributed by atoms with Crippen LogP contribution in [0.2, 0.25) is 0 Å². The summed E-state index contributed by atoms with van der Waals surface area (Å²) in [7, 11) is 3.19. The molecule has 1 aliphatic heterocycles. The minimum absolute atomic E-state index is 0.0998. The van der Waals surface area contributed by atoms with Crippen LogP contribution >= 0.6 is 0 Å². The molecule has 0 spiro atoms. The second-order valence-electron chi connectivity index (χ2n) is 7.40. The maximum Gasteiger partial charge on any atom is 0.239 e. The van der Waals surface area contributed by atoms with Crippen LogP contribution in [-0.2, 0) is 16.0 Å². The van der Waals surface area contributed by atoms with Gasteiger partial charge in [-0.25, -0.2) is 5.01 Å². The summed E-state index contributed by atoms with van der Waals surface area (Å²) >= 11 is 0. The number of allylic oxidation sites excluding steroid dienone is 1. The lowest BCUT2D eigenvalue weighted by molar-refractivity contribution is -0.130. The van der Waals surface area contributed by atoms with Crippen LogP contribution in [0, 0.1) is 0 Å². The maximum absolute atomic E-state index is 12.2.